The average molecular weight is 299 g/mol. The Labute approximate surface area is 125 Å². The highest BCUT2D eigenvalue weighted by Gasteiger charge is 2.21. The van der Waals surface area contributed by atoms with E-state index in [4.69, 9.17) is 4.74 Å². The van der Waals surface area contributed by atoms with Crippen LogP contribution in [-0.2, 0) is 7.05 Å². The third-order valence-electron chi connectivity index (χ3n) is 3.04. The predicted octanol–water partition coefficient (Wildman–Crippen LogP) is 2.78. The quantitative estimate of drug-likeness (QED) is 0.695. The molecule has 3 aromatic rings. The molecular weight excluding hydrogens is 286 g/mol. The molecule has 1 aromatic carbocycles. The Hall–Kier alpha value is -2.47. The van der Waals surface area contributed by atoms with Gasteiger partial charge in [-0.1, -0.05) is 6.07 Å². The van der Waals surface area contributed by atoms with Gasteiger partial charge in [-0.25, -0.2) is 0 Å². The van der Waals surface area contributed by atoms with E-state index in [0.717, 1.165) is 11.3 Å². The topological polar surface area (TPSA) is 57.0 Å². The van der Waals surface area contributed by atoms with Crippen LogP contribution in [0, 0.1) is 0 Å². The zero-order valence-corrected chi connectivity index (χ0v) is 12.4. The van der Waals surface area contributed by atoms with Crippen molar-refractivity contribution < 1.29 is 9.53 Å². The lowest BCUT2D eigenvalue weighted by Gasteiger charge is -2.02. The number of methoxy groups -OCH3 is 1. The van der Waals surface area contributed by atoms with E-state index in [1.165, 1.54) is 16.1 Å². The van der Waals surface area contributed by atoms with E-state index in [1.807, 2.05) is 35.7 Å². The van der Waals surface area contributed by atoms with E-state index in [1.54, 1.807) is 20.2 Å². The number of aryl methyl sites for hydroxylation is 1. The first-order valence-corrected chi connectivity index (χ1v) is 7.21. The van der Waals surface area contributed by atoms with Crippen molar-refractivity contribution >= 4 is 17.1 Å². The molecule has 0 unspecified atom stereocenters. The number of ether oxygens (including phenoxy) is 1. The largest absolute Gasteiger partial charge is 0.497 e. The van der Waals surface area contributed by atoms with Crippen molar-refractivity contribution in [3.63, 3.8) is 0 Å². The summed E-state index contributed by atoms with van der Waals surface area (Å²) in [6.07, 6.45) is 0. The number of ketones is 1. The third-order valence-corrected chi connectivity index (χ3v) is 3.91. The first-order chi connectivity index (χ1) is 10.2. The van der Waals surface area contributed by atoms with Crippen LogP contribution in [0.4, 0.5) is 0 Å². The Morgan fingerprint density at radius 3 is 2.57 bits per heavy atom. The molecule has 0 N–H and O–H groups in total. The van der Waals surface area contributed by atoms with Gasteiger partial charge in [0.1, 0.15) is 11.4 Å². The maximum Gasteiger partial charge on any atom is 0.225 e. The highest BCUT2D eigenvalue weighted by molar-refractivity contribution is 7.12. The standard InChI is InChI=1S/C15H13N3O2S/c1-18-16-13(10-5-7-11(20-2)8-6-10)14(17-18)15(19)12-4-3-9-21-12/h3-9H,1-2H3. The van der Waals surface area contributed by atoms with Crippen LogP contribution in [0.3, 0.4) is 0 Å². The number of rotatable bonds is 4. The van der Waals surface area contributed by atoms with Crippen LogP contribution >= 0.6 is 11.3 Å². The first kappa shape index (κ1) is 13.5. The molecule has 2 aromatic heterocycles. The van der Waals surface area contributed by atoms with Crippen molar-refractivity contribution in [1.29, 1.82) is 0 Å². The fourth-order valence-corrected chi connectivity index (χ4v) is 2.69. The van der Waals surface area contributed by atoms with Crippen molar-refractivity contribution in [2.45, 2.75) is 0 Å². The molecule has 0 radical (unpaired) electrons. The maximum atomic E-state index is 12.5. The van der Waals surface area contributed by atoms with Gasteiger partial charge < -0.3 is 4.74 Å². The zero-order chi connectivity index (χ0) is 14.8. The summed E-state index contributed by atoms with van der Waals surface area (Å²) in [6, 6.07) is 11.1. The Bertz CT molecular complexity index is 761. The van der Waals surface area contributed by atoms with Crippen molar-refractivity contribution in [2.24, 2.45) is 7.05 Å². The molecule has 21 heavy (non-hydrogen) atoms. The second-order valence-corrected chi connectivity index (χ2v) is 5.37. The Morgan fingerprint density at radius 2 is 1.95 bits per heavy atom. The first-order valence-electron chi connectivity index (χ1n) is 6.33. The Morgan fingerprint density at radius 1 is 1.19 bits per heavy atom. The number of hydrogen-bond acceptors (Lipinski definition) is 5. The van der Waals surface area contributed by atoms with Gasteiger partial charge in [0, 0.05) is 12.6 Å². The number of carbonyl (C=O) groups excluding carboxylic acids is 1. The normalized spacial score (nSPS) is 10.6. The lowest BCUT2D eigenvalue weighted by Crippen LogP contribution is -2.02. The molecule has 0 aliphatic heterocycles. The van der Waals surface area contributed by atoms with E-state index >= 15 is 0 Å². The smallest absolute Gasteiger partial charge is 0.225 e. The average Bonchev–Trinajstić information content (AvgIpc) is 3.16. The molecule has 0 spiro atoms. The molecule has 2 heterocycles. The lowest BCUT2D eigenvalue weighted by atomic mass is 10.1. The fourth-order valence-electron chi connectivity index (χ4n) is 2.03. The molecule has 0 saturated heterocycles. The lowest BCUT2D eigenvalue weighted by molar-refractivity contribution is 0.103. The summed E-state index contributed by atoms with van der Waals surface area (Å²) in [5.74, 6) is 0.651. The van der Waals surface area contributed by atoms with Crippen LogP contribution in [0.2, 0.25) is 0 Å². The minimum Gasteiger partial charge on any atom is -0.497 e. The molecule has 0 amide bonds. The number of aromatic nitrogens is 3. The molecule has 0 saturated carbocycles. The number of carbonyl (C=O) groups is 1. The van der Waals surface area contributed by atoms with Gasteiger partial charge in [0.15, 0.2) is 5.69 Å². The number of benzene rings is 1. The van der Waals surface area contributed by atoms with E-state index < -0.39 is 0 Å². The van der Waals surface area contributed by atoms with Gasteiger partial charge in [-0.3, -0.25) is 4.79 Å². The van der Waals surface area contributed by atoms with Gasteiger partial charge >= 0.3 is 0 Å². The summed E-state index contributed by atoms with van der Waals surface area (Å²) in [7, 11) is 3.32. The highest BCUT2D eigenvalue weighted by Crippen LogP contribution is 2.25. The minimum absolute atomic E-state index is 0.107. The van der Waals surface area contributed by atoms with Gasteiger partial charge in [0.2, 0.25) is 5.78 Å². The number of hydrogen-bond donors (Lipinski definition) is 0. The molecule has 0 bridgehead atoms. The third kappa shape index (κ3) is 2.57. The molecule has 6 heteroatoms. The Balaban J connectivity index is 2.04. The summed E-state index contributed by atoms with van der Waals surface area (Å²) < 4.78 is 5.14. The SMILES string of the molecule is COc1ccc(-c2nn(C)nc2C(=O)c2cccs2)cc1. The molecule has 0 aliphatic carbocycles. The van der Waals surface area contributed by atoms with Crippen molar-refractivity contribution in [3.8, 4) is 17.0 Å². The van der Waals surface area contributed by atoms with Crippen LogP contribution < -0.4 is 4.74 Å². The summed E-state index contributed by atoms with van der Waals surface area (Å²) in [5.41, 5.74) is 1.78. The molecule has 5 nitrogen and oxygen atoms in total. The maximum absolute atomic E-state index is 12.5. The van der Waals surface area contributed by atoms with Crippen LogP contribution in [0.15, 0.2) is 41.8 Å². The summed E-state index contributed by atoms with van der Waals surface area (Å²) in [6.45, 7) is 0. The molecule has 106 valence electrons. The van der Waals surface area contributed by atoms with E-state index in [2.05, 4.69) is 10.2 Å². The molecule has 0 atom stereocenters. The van der Waals surface area contributed by atoms with E-state index in [0.29, 0.717) is 16.3 Å². The fraction of sp³-hybridized carbons (Fsp3) is 0.133. The van der Waals surface area contributed by atoms with E-state index in [9.17, 15) is 4.79 Å². The van der Waals surface area contributed by atoms with Crippen molar-refractivity contribution in [2.75, 3.05) is 7.11 Å². The summed E-state index contributed by atoms with van der Waals surface area (Å²) in [5, 5.41) is 10.4. The molecule has 3 rings (SSSR count). The van der Waals surface area contributed by atoms with Gasteiger partial charge in [0.25, 0.3) is 0 Å². The molecule has 0 aliphatic rings. The Kier molecular flexibility index (Phi) is 3.53. The van der Waals surface area contributed by atoms with Crippen LogP contribution in [0.1, 0.15) is 15.4 Å². The highest BCUT2D eigenvalue weighted by atomic mass is 32.1. The van der Waals surface area contributed by atoms with Crippen LogP contribution in [0.25, 0.3) is 11.3 Å². The van der Waals surface area contributed by atoms with Gasteiger partial charge in [-0.05, 0) is 35.7 Å². The molecule has 0 fully saturated rings. The van der Waals surface area contributed by atoms with Crippen LogP contribution in [-0.4, -0.2) is 27.9 Å². The summed E-state index contributed by atoms with van der Waals surface area (Å²) in [4.78, 5) is 14.6. The second-order valence-electron chi connectivity index (χ2n) is 4.42. The van der Waals surface area contributed by atoms with Gasteiger partial charge in [-0.15, -0.1) is 16.4 Å². The monoisotopic (exact) mass is 299 g/mol. The zero-order valence-electron chi connectivity index (χ0n) is 11.6. The van der Waals surface area contributed by atoms with Gasteiger partial charge in [0.05, 0.1) is 12.0 Å². The van der Waals surface area contributed by atoms with E-state index in [-0.39, 0.29) is 5.78 Å². The second kappa shape index (κ2) is 5.49. The van der Waals surface area contributed by atoms with Crippen LogP contribution in [0.5, 0.6) is 5.75 Å². The minimum atomic E-state index is -0.107. The molecular formula is C15H13N3O2S. The van der Waals surface area contributed by atoms with Crippen molar-refractivity contribution in [1.82, 2.24) is 15.0 Å². The number of nitrogens with zero attached hydrogens (tertiary/aromatic N) is 3. The predicted molar refractivity (Wildman–Crippen MR) is 80.7 cm³/mol. The van der Waals surface area contributed by atoms with Gasteiger partial charge in [-0.2, -0.15) is 9.90 Å². The van der Waals surface area contributed by atoms with Crippen molar-refractivity contribution in [3.05, 3.63) is 52.3 Å². The summed E-state index contributed by atoms with van der Waals surface area (Å²) >= 11 is 1.40. The number of thiophene rings is 1.